The molecule has 1 aliphatic rings. The van der Waals surface area contributed by atoms with E-state index in [0.29, 0.717) is 12.3 Å². The summed E-state index contributed by atoms with van der Waals surface area (Å²) in [6.07, 6.45) is 2.50. The van der Waals surface area contributed by atoms with Crippen LogP contribution in [-0.4, -0.2) is 33.8 Å². The van der Waals surface area contributed by atoms with Crippen LogP contribution in [0.2, 0.25) is 0 Å². The summed E-state index contributed by atoms with van der Waals surface area (Å²) in [5, 5.41) is 18.9. The maximum Gasteiger partial charge on any atom is 0.226 e. The lowest BCUT2D eigenvalue weighted by molar-refractivity contribution is -0.00883. The molecule has 1 saturated heterocycles. The number of hydrogen-bond donors (Lipinski definition) is 2. The highest BCUT2D eigenvalue weighted by Crippen LogP contribution is 2.22. The van der Waals surface area contributed by atoms with E-state index in [1.807, 2.05) is 6.92 Å². The second kappa shape index (κ2) is 4.50. The van der Waals surface area contributed by atoms with E-state index in [4.69, 9.17) is 9.52 Å². The standard InChI is InChI=1S/C12H17NO4/c1-12(16)2-4-13(5-3-12)7-9-6-10(14)11(15)8-17-9/h6,8,15-16H,2-5,7H2,1H3. The summed E-state index contributed by atoms with van der Waals surface area (Å²) in [5.74, 6) is 0.171. The lowest BCUT2D eigenvalue weighted by Crippen LogP contribution is -2.42. The van der Waals surface area contributed by atoms with Crippen molar-refractivity contribution in [1.82, 2.24) is 4.90 Å². The monoisotopic (exact) mass is 239 g/mol. The minimum atomic E-state index is -0.577. The summed E-state index contributed by atoms with van der Waals surface area (Å²) in [4.78, 5) is 13.3. The molecule has 5 nitrogen and oxygen atoms in total. The van der Waals surface area contributed by atoms with Gasteiger partial charge in [0.2, 0.25) is 5.43 Å². The van der Waals surface area contributed by atoms with Crippen molar-refractivity contribution < 1.29 is 14.6 Å². The molecule has 0 aliphatic carbocycles. The molecule has 0 amide bonds. The van der Waals surface area contributed by atoms with E-state index in [1.54, 1.807) is 0 Å². The zero-order chi connectivity index (χ0) is 12.5. The molecule has 0 atom stereocenters. The van der Waals surface area contributed by atoms with Gasteiger partial charge in [-0.05, 0) is 19.8 Å². The highest BCUT2D eigenvalue weighted by atomic mass is 16.4. The molecular formula is C12H17NO4. The first-order valence-corrected chi connectivity index (χ1v) is 5.72. The molecule has 1 aromatic heterocycles. The molecule has 5 heteroatoms. The zero-order valence-electron chi connectivity index (χ0n) is 9.85. The Morgan fingerprint density at radius 1 is 1.47 bits per heavy atom. The topological polar surface area (TPSA) is 73.9 Å². The van der Waals surface area contributed by atoms with Crippen LogP contribution >= 0.6 is 0 Å². The fourth-order valence-electron chi connectivity index (χ4n) is 1.94. The molecule has 2 heterocycles. The quantitative estimate of drug-likeness (QED) is 0.794. The maximum absolute atomic E-state index is 11.2. The Morgan fingerprint density at radius 3 is 2.71 bits per heavy atom. The third kappa shape index (κ3) is 3.08. The lowest BCUT2D eigenvalue weighted by atomic mass is 9.94. The Morgan fingerprint density at radius 2 is 2.12 bits per heavy atom. The zero-order valence-corrected chi connectivity index (χ0v) is 9.85. The molecular weight excluding hydrogens is 222 g/mol. The Balaban J connectivity index is 1.98. The van der Waals surface area contributed by atoms with Crippen LogP contribution in [0.15, 0.2) is 21.5 Å². The first-order valence-electron chi connectivity index (χ1n) is 5.72. The molecule has 2 N–H and O–H groups in total. The largest absolute Gasteiger partial charge is 0.502 e. The van der Waals surface area contributed by atoms with Gasteiger partial charge in [-0.15, -0.1) is 0 Å². The minimum Gasteiger partial charge on any atom is -0.502 e. The average molecular weight is 239 g/mol. The second-order valence-corrected chi connectivity index (χ2v) is 4.87. The number of piperidine rings is 1. The van der Waals surface area contributed by atoms with Crippen LogP contribution < -0.4 is 5.43 Å². The van der Waals surface area contributed by atoms with Crippen molar-refractivity contribution >= 4 is 0 Å². The molecule has 0 radical (unpaired) electrons. The summed E-state index contributed by atoms with van der Waals surface area (Å²) >= 11 is 0. The van der Waals surface area contributed by atoms with Crippen LogP contribution in [0.1, 0.15) is 25.5 Å². The maximum atomic E-state index is 11.2. The van der Waals surface area contributed by atoms with Gasteiger partial charge < -0.3 is 14.6 Å². The molecule has 0 saturated carbocycles. The van der Waals surface area contributed by atoms with E-state index in [2.05, 4.69) is 4.90 Å². The van der Waals surface area contributed by atoms with Crippen molar-refractivity contribution in [1.29, 1.82) is 0 Å². The van der Waals surface area contributed by atoms with Crippen LogP contribution in [0.3, 0.4) is 0 Å². The summed E-state index contributed by atoms with van der Waals surface area (Å²) in [5.41, 5.74) is -0.998. The highest BCUT2D eigenvalue weighted by Gasteiger charge is 2.27. The predicted octanol–water partition coefficient (Wildman–Crippen LogP) is 0.692. The number of hydrogen-bond acceptors (Lipinski definition) is 5. The van der Waals surface area contributed by atoms with E-state index in [1.165, 1.54) is 6.07 Å². The van der Waals surface area contributed by atoms with Crippen molar-refractivity contribution in [3.8, 4) is 5.75 Å². The highest BCUT2D eigenvalue weighted by molar-refractivity contribution is 5.15. The predicted molar refractivity (Wildman–Crippen MR) is 61.8 cm³/mol. The second-order valence-electron chi connectivity index (χ2n) is 4.87. The summed E-state index contributed by atoms with van der Waals surface area (Å²) < 4.78 is 5.14. The number of likely N-dealkylation sites (tertiary alicyclic amines) is 1. The number of aliphatic hydroxyl groups is 1. The first kappa shape index (κ1) is 12.1. The van der Waals surface area contributed by atoms with E-state index in [0.717, 1.165) is 32.2 Å². The first-order chi connectivity index (χ1) is 7.96. The van der Waals surface area contributed by atoms with Crippen molar-refractivity contribution in [3.05, 3.63) is 28.3 Å². The molecule has 0 aromatic carbocycles. The molecule has 1 aromatic rings. The van der Waals surface area contributed by atoms with Crippen molar-refractivity contribution in [2.75, 3.05) is 13.1 Å². The molecule has 0 bridgehead atoms. The number of nitrogens with zero attached hydrogens (tertiary/aromatic N) is 1. The van der Waals surface area contributed by atoms with Gasteiger partial charge in [-0.3, -0.25) is 9.69 Å². The van der Waals surface area contributed by atoms with Crippen LogP contribution in [0.4, 0.5) is 0 Å². The molecule has 1 fully saturated rings. The number of aromatic hydroxyl groups is 1. The summed E-state index contributed by atoms with van der Waals surface area (Å²) in [6, 6.07) is 1.31. The third-order valence-corrected chi connectivity index (χ3v) is 3.18. The van der Waals surface area contributed by atoms with Gasteiger partial charge in [0.05, 0.1) is 12.1 Å². The van der Waals surface area contributed by atoms with E-state index >= 15 is 0 Å². The Hall–Kier alpha value is -1.33. The van der Waals surface area contributed by atoms with Gasteiger partial charge in [0, 0.05) is 19.2 Å². The van der Waals surface area contributed by atoms with Gasteiger partial charge >= 0.3 is 0 Å². The van der Waals surface area contributed by atoms with Gasteiger partial charge in [-0.2, -0.15) is 0 Å². The molecule has 94 valence electrons. The summed E-state index contributed by atoms with van der Waals surface area (Å²) in [6.45, 7) is 3.92. The van der Waals surface area contributed by atoms with E-state index in [9.17, 15) is 9.90 Å². The molecule has 1 aliphatic heterocycles. The van der Waals surface area contributed by atoms with E-state index in [-0.39, 0.29) is 5.75 Å². The lowest BCUT2D eigenvalue weighted by Gasteiger charge is -2.35. The van der Waals surface area contributed by atoms with Crippen LogP contribution in [-0.2, 0) is 6.54 Å². The van der Waals surface area contributed by atoms with Crippen molar-refractivity contribution in [2.45, 2.75) is 31.9 Å². The van der Waals surface area contributed by atoms with Crippen LogP contribution in [0.5, 0.6) is 5.75 Å². The summed E-state index contributed by atoms with van der Waals surface area (Å²) in [7, 11) is 0. The molecule has 2 rings (SSSR count). The fraction of sp³-hybridized carbons (Fsp3) is 0.583. The molecule has 0 spiro atoms. The third-order valence-electron chi connectivity index (χ3n) is 3.18. The fourth-order valence-corrected chi connectivity index (χ4v) is 1.94. The van der Waals surface area contributed by atoms with Crippen molar-refractivity contribution in [3.63, 3.8) is 0 Å². The average Bonchev–Trinajstić information content (AvgIpc) is 2.27. The smallest absolute Gasteiger partial charge is 0.226 e. The molecule has 17 heavy (non-hydrogen) atoms. The van der Waals surface area contributed by atoms with E-state index < -0.39 is 11.0 Å². The van der Waals surface area contributed by atoms with Gasteiger partial charge in [0.1, 0.15) is 12.0 Å². The number of rotatable bonds is 2. The van der Waals surface area contributed by atoms with Gasteiger partial charge in [-0.25, -0.2) is 0 Å². The van der Waals surface area contributed by atoms with Crippen LogP contribution in [0, 0.1) is 0 Å². The van der Waals surface area contributed by atoms with Gasteiger partial charge in [-0.1, -0.05) is 0 Å². The van der Waals surface area contributed by atoms with Crippen molar-refractivity contribution in [2.24, 2.45) is 0 Å². The van der Waals surface area contributed by atoms with Crippen LogP contribution in [0.25, 0.3) is 0 Å². The SMILES string of the molecule is CC1(O)CCN(Cc2cc(=O)c(O)co2)CC1. The van der Waals surface area contributed by atoms with Gasteiger partial charge in [0.25, 0.3) is 0 Å². The Labute approximate surface area is 99.3 Å². The van der Waals surface area contributed by atoms with Gasteiger partial charge in [0.15, 0.2) is 5.75 Å². The Kier molecular flexibility index (Phi) is 3.22. The normalized spacial score (nSPS) is 20.4. The Bertz CT molecular complexity index is 442. The molecule has 0 unspecified atom stereocenters. The minimum absolute atomic E-state index is 0.365.